The van der Waals surface area contributed by atoms with Crippen LogP contribution in [0.3, 0.4) is 0 Å². The molecule has 9 heteroatoms. The molecule has 4 rings (SSSR count). The van der Waals surface area contributed by atoms with Gasteiger partial charge in [0.2, 0.25) is 5.91 Å². The molecule has 39 heavy (non-hydrogen) atoms. The van der Waals surface area contributed by atoms with Gasteiger partial charge < -0.3 is 24.0 Å². The summed E-state index contributed by atoms with van der Waals surface area (Å²) < 4.78 is 16.8. The standard InChI is InChI=1S/C30H45N3O6/c1-29(2,3)38-27(35)32-18-22(37-7)16-21(32)17-26(34)31-14-12-20(13-15-31)24-19-33(28(36)39-30(4,5)6)25-11-9-8-10-23(24)25/h8-11,20-22,24H,12-19H2,1-7H3/t21-,22+,24?/m0/s1. The number of hydrogen-bond donors (Lipinski definition) is 0. The maximum absolute atomic E-state index is 13.3. The molecule has 216 valence electrons. The summed E-state index contributed by atoms with van der Waals surface area (Å²) in [5, 5.41) is 0. The van der Waals surface area contributed by atoms with E-state index in [0.29, 0.717) is 38.5 Å². The van der Waals surface area contributed by atoms with Gasteiger partial charge in [-0.25, -0.2) is 9.59 Å². The molecule has 2 saturated heterocycles. The monoisotopic (exact) mass is 543 g/mol. The van der Waals surface area contributed by atoms with Crippen LogP contribution in [0, 0.1) is 5.92 Å². The van der Waals surface area contributed by atoms with Gasteiger partial charge in [-0.05, 0) is 78.4 Å². The van der Waals surface area contributed by atoms with E-state index in [0.717, 1.165) is 18.5 Å². The number of para-hydroxylation sites is 1. The van der Waals surface area contributed by atoms with Gasteiger partial charge in [0.05, 0.1) is 18.3 Å². The number of hydrogen-bond acceptors (Lipinski definition) is 6. The van der Waals surface area contributed by atoms with Crippen LogP contribution in [0.5, 0.6) is 0 Å². The predicted molar refractivity (Wildman–Crippen MR) is 149 cm³/mol. The molecule has 3 aliphatic heterocycles. The molecule has 0 saturated carbocycles. The van der Waals surface area contributed by atoms with Crippen molar-refractivity contribution in [1.82, 2.24) is 9.80 Å². The van der Waals surface area contributed by atoms with Gasteiger partial charge in [0.25, 0.3) is 0 Å². The summed E-state index contributed by atoms with van der Waals surface area (Å²) in [6, 6.07) is 7.84. The number of benzene rings is 1. The fraction of sp³-hybridized carbons (Fsp3) is 0.700. The predicted octanol–water partition coefficient (Wildman–Crippen LogP) is 5.18. The maximum atomic E-state index is 13.3. The van der Waals surface area contributed by atoms with Crippen molar-refractivity contribution in [2.75, 3.05) is 38.2 Å². The Morgan fingerprint density at radius 3 is 2.13 bits per heavy atom. The summed E-state index contributed by atoms with van der Waals surface area (Å²) in [4.78, 5) is 44.5. The number of nitrogens with zero attached hydrogens (tertiary/aromatic N) is 3. The number of carbonyl (C=O) groups excluding carboxylic acids is 3. The normalized spacial score (nSPS) is 24.1. The summed E-state index contributed by atoms with van der Waals surface area (Å²) in [5.74, 6) is 0.641. The van der Waals surface area contributed by atoms with Crippen LogP contribution < -0.4 is 4.90 Å². The van der Waals surface area contributed by atoms with Crippen LogP contribution >= 0.6 is 0 Å². The third-order valence-electron chi connectivity index (χ3n) is 7.83. The molecule has 1 aromatic carbocycles. The summed E-state index contributed by atoms with van der Waals surface area (Å²) in [6.07, 6.45) is 1.82. The zero-order valence-corrected chi connectivity index (χ0v) is 24.6. The zero-order valence-electron chi connectivity index (χ0n) is 24.6. The molecule has 3 atom stereocenters. The van der Waals surface area contributed by atoms with Gasteiger partial charge in [-0.1, -0.05) is 18.2 Å². The van der Waals surface area contributed by atoms with Crippen molar-refractivity contribution >= 4 is 23.8 Å². The second-order valence-electron chi connectivity index (χ2n) is 13.1. The highest BCUT2D eigenvalue weighted by Gasteiger charge is 2.42. The number of rotatable bonds is 4. The Kier molecular flexibility index (Phi) is 8.50. The first-order chi connectivity index (χ1) is 18.3. The lowest BCUT2D eigenvalue weighted by molar-refractivity contribution is -0.133. The SMILES string of the molecule is CO[C@@H]1C[C@@H](CC(=O)N2CCC(C3CN(C(=O)OC(C)(C)C)c4ccccc43)CC2)N(C(=O)OC(C)(C)C)C1. The van der Waals surface area contributed by atoms with Crippen LogP contribution in [0.1, 0.15) is 78.7 Å². The number of methoxy groups -OCH3 is 1. The van der Waals surface area contributed by atoms with Crippen LogP contribution in [-0.4, -0.2) is 84.5 Å². The zero-order chi connectivity index (χ0) is 28.5. The Bertz CT molecular complexity index is 1050. The van der Waals surface area contributed by atoms with E-state index in [1.54, 1.807) is 16.9 Å². The number of likely N-dealkylation sites (tertiary alicyclic amines) is 2. The van der Waals surface area contributed by atoms with E-state index >= 15 is 0 Å². The van der Waals surface area contributed by atoms with Crippen molar-refractivity contribution < 1.29 is 28.6 Å². The first-order valence-electron chi connectivity index (χ1n) is 14.2. The number of fused-ring (bicyclic) bond motifs is 1. The molecule has 0 bridgehead atoms. The van der Waals surface area contributed by atoms with Gasteiger partial charge in [0, 0.05) is 45.1 Å². The van der Waals surface area contributed by atoms with E-state index in [2.05, 4.69) is 6.07 Å². The molecule has 0 radical (unpaired) electrons. The van der Waals surface area contributed by atoms with Gasteiger partial charge in [-0.2, -0.15) is 0 Å². The van der Waals surface area contributed by atoms with Gasteiger partial charge >= 0.3 is 12.2 Å². The van der Waals surface area contributed by atoms with Crippen LogP contribution in [-0.2, 0) is 19.0 Å². The second-order valence-corrected chi connectivity index (χ2v) is 13.1. The average molecular weight is 544 g/mol. The van der Waals surface area contributed by atoms with Crippen molar-refractivity contribution in [2.24, 2.45) is 5.92 Å². The number of amides is 3. The molecule has 9 nitrogen and oxygen atoms in total. The van der Waals surface area contributed by atoms with Gasteiger partial charge in [-0.15, -0.1) is 0 Å². The summed E-state index contributed by atoms with van der Waals surface area (Å²) in [6.45, 7) is 13.5. The molecular weight excluding hydrogens is 498 g/mol. The Balaban J connectivity index is 1.36. The fourth-order valence-corrected chi connectivity index (χ4v) is 6.00. The van der Waals surface area contributed by atoms with Crippen LogP contribution in [0.25, 0.3) is 0 Å². The van der Waals surface area contributed by atoms with E-state index in [1.165, 1.54) is 5.56 Å². The topological polar surface area (TPSA) is 88.6 Å². The molecule has 3 amide bonds. The van der Waals surface area contributed by atoms with Crippen molar-refractivity contribution in [2.45, 2.75) is 96.5 Å². The number of ether oxygens (including phenoxy) is 3. The van der Waals surface area contributed by atoms with E-state index in [9.17, 15) is 14.4 Å². The maximum Gasteiger partial charge on any atom is 0.414 e. The Labute approximate surface area is 232 Å². The van der Waals surface area contributed by atoms with Gasteiger partial charge in [0.1, 0.15) is 11.2 Å². The van der Waals surface area contributed by atoms with Crippen molar-refractivity contribution in [3.8, 4) is 0 Å². The fourth-order valence-electron chi connectivity index (χ4n) is 6.00. The van der Waals surface area contributed by atoms with Crippen molar-refractivity contribution in [3.63, 3.8) is 0 Å². The molecule has 2 fully saturated rings. The number of anilines is 1. The van der Waals surface area contributed by atoms with Crippen LogP contribution in [0.2, 0.25) is 0 Å². The third-order valence-corrected chi connectivity index (χ3v) is 7.83. The van der Waals surface area contributed by atoms with E-state index in [-0.39, 0.29) is 36.5 Å². The minimum atomic E-state index is -0.601. The highest BCUT2D eigenvalue weighted by molar-refractivity contribution is 5.91. The quantitative estimate of drug-likeness (QED) is 0.520. The van der Waals surface area contributed by atoms with Gasteiger partial charge in [-0.3, -0.25) is 9.69 Å². The van der Waals surface area contributed by atoms with E-state index in [4.69, 9.17) is 14.2 Å². The summed E-state index contributed by atoms with van der Waals surface area (Å²) >= 11 is 0. The number of carbonyl (C=O) groups is 3. The second kappa shape index (κ2) is 11.4. The minimum absolute atomic E-state index is 0.0611. The highest BCUT2D eigenvalue weighted by Crippen LogP contribution is 2.44. The molecule has 0 aromatic heterocycles. The lowest BCUT2D eigenvalue weighted by atomic mass is 9.81. The first kappa shape index (κ1) is 29.2. The molecule has 0 N–H and O–H groups in total. The largest absolute Gasteiger partial charge is 0.444 e. The summed E-state index contributed by atoms with van der Waals surface area (Å²) in [7, 11) is 1.64. The van der Waals surface area contributed by atoms with Gasteiger partial charge in [0.15, 0.2) is 0 Å². The van der Waals surface area contributed by atoms with E-state index in [1.807, 2.05) is 64.6 Å². The molecule has 3 aliphatic rings. The molecule has 3 heterocycles. The Hall–Kier alpha value is -2.81. The molecule has 1 unspecified atom stereocenters. The minimum Gasteiger partial charge on any atom is -0.444 e. The number of piperidine rings is 1. The van der Waals surface area contributed by atoms with Crippen molar-refractivity contribution in [1.29, 1.82) is 0 Å². The molecule has 0 spiro atoms. The van der Waals surface area contributed by atoms with E-state index < -0.39 is 17.3 Å². The lowest BCUT2D eigenvalue weighted by Gasteiger charge is -2.36. The highest BCUT2D eigenvalue weighted by atomic mass is 16.6. The molecular formula is C30H45N3O6. The average Bonchev–Trinajstić information content (AvgIpc) is 3.44. The Morgan fingerprint density at radius 1 is 0.897 bits per heavy atom. The summed E-state index contributed by atoms with van der Waals surface area (Å²) in [5.41, 5.74) is 0.942. The van der Waals surface area contributed by atoms with Crippen LogP contribution in [0.15, 0.2) is 24.3 Å². The molecule has 1 aromatic rings. The lowest BCUT2D eigenvalue weighted by Crippen LogP contribution is -2.45. The first-order valence-corrected chi connectivity index (χ1v) is 14.2. The Morgan fingerprint density at radius 2 is 1.51 bits per heavy atom. The molecule has 0 aliphatic carbocycles. The van der Waals surface area contributed by atoms with Crippen molar-refractivity contribution in [3.05, 3.63) is 29.8 Å². The smallest absolute Gasteiger partial charge is 0.414 e. The van der Waals surface area contributed by atoms with Crippen LogP contribution in [0.4, 0.5) is 15.3 Å². The third kappa shape index (κ3) is 7.04.